The van der Waals surface area contributed by atoms with Gasteiger partial charge in [0.2, 0.25) is 0 Å². The number of hydrogen-bond acceptors (Lipinski definition) is 3. The third-order valence-electron chi connectivity index (χ3n) is 1.61. The number of pyridine rings is 1. The SMILES string of the molecule is CNCC#Cc1ccc(N)c(C)n1. The number of hydrogen-bond donors (Lipinski definition) is 2. The summed E-state index contributed by atoms with van der Waals surface area (Å²) in [6, 6.07) is 3.65. The summed E-state index contributed by atoms with van der Waals surface area (Å²) in [5.74, 6) is 5.87. The molecule has 0 aliphatic heterocycles. The Balaban J connectivity index is 2.81. The van der Waals surface area contributed by atoms with E-state index >= 15 is 0 Å². The van der Waals surface area contributed by atoms with Crippen molar-refractivity contribution in [2.75, 3.05) is 19.3 Å². The monoisotopic (exact) mass is 175 g/mol. The molecule has 0 spiro atoms. The minimum atomic E-state index is 0.672. The molecule has 1 aromatic rings. The maximum Gasteiger partial charge on any atom is 0.113 e. The van der Waals surface area contributed by atoms with Gasteiger partial charge < -0.3 is 11.1 Å². The van der Waals surface area contributed by atoms with Crippen molar-refractivity contribution in [1.82, 2.24) is 10.3 Å². The van der Waals surface area contributed by atoms with Crippen LogP contribution in [0, 0.1) is 18.8 Å². The molecule has 0 atom stereocenters. The molecule has 1 aromatic heterocycles. The fraction of sp³-hybridized carbons (Fsp3) is 0.300. The molecule has 3 nitrogen and oxygen atoms in total. The standard InChI is InChI=1S/C10H13N3/c1-8-10(11)6-5-9(13-8)4-3-7-12-2/h5-6,12H,7,11H2,1-2H3. The van der Waals surface area contributed by atoms with Gasteiger partial charge in [0.1, 0.15) is 5.69 Å². The van der Waals surface area contributed by atoms with Crippen molar-refractivity contribution >= 4 is 5.69 Å². The highest BCUT2D eigenvalue weighted by Crippen LogP contribution is 2.06. The van der Waals surface area contributed by atoms with Gasteiger partial charge in [0.15, 0.2) is 0 Å². The predicted molar refractivity (Wildman–Crippen MR) is 54.2 cm³/mol. The molecule has 13 heavy (non-hydrogen) atoms. The number of rotatable bonds is 1. The highest BCUT2D eigenvalue weighted by atomic mass is 14.8. The number of nitrogens with zero attached hydrogens (tertiary/aromatic N) is 1. The topological polar surface area (TPSA) is 50.9 Å². The third-order valence-corrected chi connectivity index (χ3v) is 1.61. The van der Waals surface area contributed by atoms with Crippen LogP contribution >= 0.6 is 0 Å². The van der Waals surface area contributed by atoms with Crippen LogP contribution in [0.1, 0.15) is 11.4 Å². The summed E-state index contributed by atoms with van der Waals surface area (Å²) in [6.07, 6.45) is 0. The van der Waals surface area contributed by atoms with E-state index in [1.165, 1.54) is 0 Å². The zero-order chi connectivity index (χ0) is 9.68. The van der Waals surface area contributed by atoms with Gasteiger partial charge >= 0.3 is 0 Å². The van der Waals surface area contributed by atoms with Gasteiger partial charge in [0.25, 0.3) is 0 Å². The van der Waals surface area contributed by atoms with Gasteiger partial charge in [0.05, 0.1) is 17.9 Å². The van der Waals surface area contributed by atoms with Crippen molar-refractivity contribution in [2.24, 2.45) is 0 Å². The average Bonchev–Trinajstić information content (AvgIpc) is 2.12. The largest absolute Gasteiger partial charge is 0.397 e. The van der Waals surface area contributed by atoms with Crippen molar-refractivity contribution in [3.8, 4) is 11.8 Å². The van der Waals surface area contributed by atoms with Gasteiger partial charge in [-0.1, -0.05) is 5.92 Å². The summed E-state index contributed by atoms with van der Waals surface area (Å²) in [4.78, 5) is 4.22. The molecule has 0 unspecified atom stereocenters. The Kier molecular flexibility index (Phi) is 3.30. The summed E-state index contributed by atoms with van der Waals surface area (Å²) >= 11 is 0. The smallest absolute Gasteiger partial charge is 0.113 e. The Morgan fingerprint density at radius 3 is 2.92 bits per heavy atom. The normalized spacial score (nSPS) is 9.08. The molecule has 0 bridgehead atoms. The molecule has 0 saturated heterocycles. The molecule has 3 heteroatoms. The lowest BCUT2D eigenvalue weighted by Gasteiger charge is -1.97. The molecular weight excluding hydrogens is 162 g/mol. The van der Waals surface area contributed by atoms with E-state index in [1.54, 1.807) is 0 Å². The van der Waals surface area contributed by atoms with E-state index in [0.29, 0.717) is 12.2 Å². The third kappa shape index (κ3) is 2.77. The van der Waals surface area contributed by atoms with Crippen molar-refractivity contribution in [3.05, 3.63) is 23.5 Å². The van der Waals surface area contributed by atoms with E-state index in [0.717, 1.165) is 11.4 Å². The van der Waals surface area contributed by atoms with Gasteiger partial charge in [-0.25, -0.2) is 4.98 Å². The highest BCUT2D eigenvalue weighted by Gasteiger charge is 1.94. The summed E-state index contributed by atoms with van der Waals surface area (Å²) in [7, 11) is 1.86. The van der Waals surface area contributed by atoms with Crippen molar-refractivity contribution < 1.29 is 0 Å². The predicted octanol–water partition coefficient (Wildman–Crippen LogP) is 0.543. The fourth-order valence-corrected chi connectivity index (χ4v) is 0.865. The average molecular weight is 175 g/mol. The van der Waals surface area contributed by atoms with Crippen LogP contribution in [0.4, 0.5) is 5.69 Å². The van der Waals surface area contributed by atoms with Gasteiger partial charge in [-0.05, 0) is 32.0 Å². The quantitative estimate of drug-likeness (QED) is 0.613. The van der Waals surface area contributed by atoms with Crippen LogP contribution in [0.5, 0.6) is 0 Å². The molecule has 0 fully saturated rings. The van der Waals surface area contributed by atoms with E-state index in [-0.39, 0.29) is 0 Å². The maximum absolute atomic E-state index is 5.62. The maximum atomic E-state index is 5.62. The van der Waals surface area contributed by atoms with E-state index < -0.39 is 0 Å². The minimum Gasteiger partial charge on any atom is -0.397 e. The first-order valence-corrected chi connectivity index (χ1v) is 4.10. The molecule has 0 aliphatic rings. The van der Waals surface area contributed by atoms with Gasteiger partial charge in [0, 0.05) is 0 Å². The molecule has 1 rings (SSSR count). The van der Waals surface area contributed by atoms with Crippen LogP contribution < -0.4 is 11.1 Å². The molecule has 0 aliphatic carbocycles. The molecule has 0 aromatic carbocycles. The lowest BCUT2D eigenvalue weighted by Crippen LogP contribution is -2.04. The van der Waals surface area contributed by atoms with Gasteiger partial charge in [-0.2, -0.15) is 0 Å². The Bertz CT molecular complexity index is 347. The van der Waals surface area contributed by atoms with E-state index in [9.17, 15) is 0 Å². The summed E-state index contributed by atoms with van der Waals surface area (Å²) in [5, 5.41) is 2.94. The summed E-state index contributed by atoms with van der Waals surface area (Å²) in [5.41, 5.74) is 7.92. The zero-order valence-electron chi connectivity index (χ0n) is 7.89. The number of nitrogens with two attached hydrogens (primary N) is 1. The fourth-order valence-electron chi connectivity index (χ4n) is 0.865. The molecule has 0 saturated carbocycles. The van der Waals surface area contributed by atoms with Crippen LogP contribution in [0.2, 0.25) is 0 Å². The lowest BCUT2D eigenvalue weighted by molar-refractivity contribution is 0.938. The first-order valence-electron chi connectivity index (χ1n) is 4.10. The summed E-state index contributed by atoms with van der Waals surface area (Å²) < 4.78 is 0. The zero-order valence-corrected chi connectivity index (χ0v) is 7.89. The molecule has 0 radical (unpaired) electrons. The first-order chi connectivity index (χ1) is 6.24. The van der Waals surface area contributed by atoms with Crippen LogP contribution in [0.3, 0.4) is 0 Å². The molecule has 3 N–H and O–H groups in total. The van der Waals surface area contributed by atoms with Crippen molar-refractivity contribution in [2.45, 2.75) is 6.92 Å². The van der Waals surface area contributed by atoms with E-state index in [2.05, 4.69) is 22.1 Å². The number of nitrogen functional groups attached to an aromatic ring is 1. The van der Waals surface area contributed by atoms with Gasteiger partial charge in [-0.3, -0.25) is 0 Å². The van der Waals surface area contributed by atoms with Crippen LogP contribution in [-0.2, 0) is 0 Å². The number of nitrogens with one attached hydrogen (secondary N) is 1. The summed E-state index contributed by atoms with van der Waals surface area (Å²) in [6.45, 7) is 2.55. The van der Waals surface area contributed by atoms with Crippen LogP contribution in [0.25, 0.3) is 0 Å². The first kappa shape index (κ1) is 9.56. The van der Waals surface area contributed by atoms with E-state index in [1.807, 2.05) is 26.1 Å². The highest BCUT2D eigenvalue weighted by molar-refractivity contribution is 5.45. The molecule has 1 heterocycles. The minimum absolute atomic E-state index is 0.672. The molecular formula is C10H13N3. The van der Waals surface area contributed by atoms with Crippen molar-refractivity contribution in [1.29, 1.82) is 0 Å². The Labute approximate surface area is 78.4 Å². The number of aryl methyl sites for hydroxylation is 1. The second-order valence-electron chi connectivity index (χ2n) is 2.70. The Morgan fingerprint density at radius 2 is 2.31 bits per heavy atom. The number of aromatic nitrogens is 1. The second kappa shape index (κ2) is 4.48. The van der Waals surface area contributed by atoms with Crippen LogP contribution in [-0.4, -0.2) is 18.6 Å². The van der Waals surface area contributed by atoms with Gasteiger partial charge in [-0.15, -0.1) is 0 Å². The molecule has 0 amide bonds. The Morgan fingerprint density at radius 1 is 1.54 bits per heavy atom. The lowest BCUT2D eigenvalue weighted by atomic mass is 10.3. The molecule has 68 valence electrons. The van der Waals surface area contributed by atoms with Crippen LogP contribution in [0.15, 0.2) is 12.1 Å². The Hall–Kier alpha value is -1.53. The second-order valence-corrected chi connectivity index (χ2v) is 2.70. The van der Waals surface area contributed by atoms with Crippen molar-refractivity contribution in [3.63, 3.8) is 0 Å². The number of anilines is 1. The van der Waals surface area contributed by atoms with E-state index in [4.69, 9.17) is 5.73 Å².